The normalized spacial score (nSPS) is 11.3. The summed E-state index contributed by atoms with van der Waals surface area (Å²) in [6, 6.07) is 24.0. The fourth-order valence-corrected chi connectivity index (χ4v) is 3.74. The first kappa shape index (κ1) is 17.2. The summed E-state index contributed by atoms with van der Waals surface area (Å²) in [6.07, 6.45) is 3.45. The molecule has 0 spiro atoms. The van der Waals surface area contributed by atoms with E-state index in [-0.39, 0.29) is 11.7 Å². The Morgan fingerprint density at radius 2 is 1.74 bits per heavy atom. The van der Waals surface area contributed by atoms with Gasteiger partial charge in [0, 0.05) is 22.0 Å². The van der Waals surface area contributed by atoms with Gasteiger partial charge in [-0.2, -0.15) is 5.10 Å². The maximum atomic E-state index is 12.1. The molecule has 3 aromatic carbocycles. The molecule has 4 aromatic rings. The number of hydrazone groups is 1. The Morgan fingerprint density at radius 3 is 2.70 bits per heavy atom. The van der Waals surface area contributed by atoms with E-state index >= 15 is 0 Å². The number of thioether (sulfide) groups is 1. The molecule has 0 aliphatic rings. The fourth-order valence-electron chi connectivity index (χ4n) is 2.91. The van der Waals surface area contributed by atoms with Gasteiger partial charge >= 0.3 is 0 Å². The number of hydrogen-bond acceptors (Lipinski definition) is 4. The summed E-state index contributed by atoms with van der Waals surface area (Å²) < 4.78 is 0. The number of hydrogen-bond donors (Lipinski definition) is 1. The van der Waals surface area contributed by atoms with Crippen LogP contribution in [0.15, 0.2) is 89.0 Å². The van der Waals surface area contributed by atoms with Crippen molar-refractivity contribution in [3.8, 4) is 0 Å². The number of benzene rings is 3. The highest BCUT2D eigenvalue weighted by Gasteiger charge is 2.06. The fraction of sp³-hybridized carbons (Fsp3) is 0.0455. The standard InChI is InChI=1S/C22H17N3OS/c26-21(15-27-20-12-4-8-17-10-5-13-23-22(17)20)25-24-14-18-9-3-7-16-6-1-2-11-19(16)18/h1-14H,15H2,(H,25,26)/b24-14-. The number of amides is 1. The quantitative estimate of drug-likeness (QED) is 0.316. The van der Waals surface area contributed by atoms with Gasteiger partial charge in [0.25, 0.3) is 0 Å². The van der Waals surface area contributed by atoms with Gasteiger partial charge in [-0.25, -0.2) is 5.43 Å². The van der Waals surface area contributed by atoms with Crippen molar-refractivity contribution >= 4 is 45.6 Å². The number of aromatic nitrogens is 1. The van der Waals surface area contributed by atoms with E-state index in [0.717, 1.165) is 32.1 Å². The van der Waals surface area contributed by atoms with E-state index in [1.54, 1.807) is 12.4 Å². The van der Waals surface area contributed by atoms with Crippen LogP contribution in [0.1, 0.15) is 5.56 Å². The molecule has 0 unspecified atom stereocenters. The molecule has 4 rings (SSSR count). The minimum Gasteiger partial charge on any atom is -0.272 e. The molecule has 132 valence electrons. The van der Waals surface area contributed by atoms with E-state index in [9.17, 15) is 4.79 Å². The zero-order chi connectivity index (χ0) is 18.5. The van der Waals surface area contributed by atoms with Gasteiger partial charge < -0.3 is 0 Å². The smallest absolute Gasteiger partial charge is 0.250 e. The molecule has 4 nitrogen and oxygen atoms in total. The van der Waals surface area contributed by atoms with Crippen LogP contribution in [-0.2, 0) is 4.79 Å². The Bertz CT molecular complexity index is 1130. The van der Waals surface area contributed by atoms with Crippen LogP contribution < -0.4 is 5.43 Å². The van der Waals surface area contributed by atoms with Gasteiger partial charge in [0.05, 0.1) is 17.5 Å². The van der Waals surface area contributed by atoms with Crippen LogP contribution >= 0.6 is 11.8 Å². The Balaban J connectivity index is 1.40. The lowest BCUT2D eigenvalue weighted by atomic mass is 10.1. The van der Waals surface area contributed by atoms with Gasteiger partial charge in [0.15, 0.2) is 0 Å². The number of nitrogens with one attached hydrogen (secondary N) is 1. The Hall–Kier alpha value is -3.18. The summed E-state index contributed by atoms with van der Waals surface area (Å²) in [5.74, 6) is 0.132. The molecule has 0 fully saturated rings. The average Bonchev–Trinajstić information content (AvgIpc) is 2.72. The molecule has 27 heavy (non-hydrogen) atoms. The molecule has 0 atom stereocenters. The number of para-hydroxylation sites is 1. The molecule has 0 aliphatic heterocycles. The molecule has 1 aromatic heterocycles. The minimum atomic E-state index is -0.149. The van der Waals surface area contributed by atoms with Crippen LogP contribution in [0.4, 0.5) is 0 Å². The number of rotatable bonds is 5. The van der Waals surface area contributed by atoms with Crippen LogP contribution in [-0.4, -0.2) is 22.9 Å². The molecule has 5 heteroatoms. The van der Waals surface area contributed by atoms with Crippen LogP contribution in [0, 0.1) is 0 Å². The Kier molecular flexibility index (Phi) is 5.12. The molecule has 1 amide bonds. The third kappa shape index (κ3) is 3.99. The highest BCUT2D eigenvalue weighted by Crippen LogP contribution is 2.25. The van der Waals surface area contributed by atoms with Gasteiger partial charge in [0.1, 0.15) is 0 Å². The monoisotopic (exact) mass is 371 g/mol. The van der Waals surface area contributed by atoms with Crippen molar-refractivity contribution in [3.05, 3.63) is 84.6 Å². The third-order valence-corrected chi connectivity index (χ3v) is 5.22. The van der Waals surface area contributed by atoms with Crippen LogP contribution in [0.2, 0.25) is 0 Å². The van der Waals surface area contributed by atoms with E-state index < -0.39 is 0 Å². The van der Waals surface area contributed by atoms with E-state index in [1.165, 1.54) is 11.8 Å². The third-order valence-electron chi connectivity index (χ3n) is 4.17. The Morgan fingerprint density at radius 1 is 0.963 bits per heavy atom. The minimum absolute atomic E-state index is 0.149. The molecular weight excluding hydrogens is 354 g/mol. The first-order valence-corrected chi connectivity index (χ1v) is 9.56. The topological polar surface area (TPSA) is 54.4 Å². The van der Waals surface area contributed by atoms with E-state index in [4.69, 9.17) is 0 Å². The van der Waals surface area contributed by atoms with Gasteiger partial charge in [-0.05, 0) is 22.9 Å². The summed E-state index contributed by atoms with van der Waals surface area (Å²) in [5.41, 5.74) is 4.49. The van der Waals surface area contributed by atoms with Crippen molar-refractivity contribution in [2.24, 2.45) is 5.10 Å². The second kappa shape index (κ2) is 8.01. The zero-order valence-electron chi connectivity index (χ0n) is 14.5. The number of nitrogens with zero attached hydrogens (tertiary/aromatic N) is 2. The molecule has 0 bridgehead atoms. The predicted molar refractivity (Wildman–Crippen MR) is 112 cm³/mol. The first-order valence-electron chi connectivity index (χ1n) is 8.57. The summed E-state index contributed by atoms with van der Waals surface area (Å²) in [7, 11) is 0. The predicted octanol–water partition coefficient (Wildman–Crippen LogP) is 4.63. The lowest BCUT2D eigenvalue weighted by Gasteiger charge is -2.05. The lowest BCUT2D eigenvalue weighted by molar-refractivity contribution is -0.118. The summed E-state index contributed by atoms with van der Waals surface area (Å²) in [6.45, 7) is 0. The molecule has 0 radical (unpaired) electrons. The second-order valence-electron chi connectivity index (χ2n) is 5.98. The lowest BCUT2D eigenvalue weighted by Crippen LogP contribution is -2.19. The molecule has 0 saturated heterocycles. The van der Waals surface area contributed by atoms with Crippen molar-refractivity contribution in [2.45, 2.75) is 4.90 Å². The highest BCUT2D eigenvalue weighted by molar-refractivity contribution is 8.00. The first-order chi connectivity index (χ1) is 13.3. The van der Waals surface area contributed by atoms with E-state index in [1.807, 2.05) is 60.7 Å². The van der Waals surface area contributed by atoms with Crippen molar-refractivity contribution < 1.29 is 4.79 Å². The Labute approximate surface area is 161 Å². The largest absolute Gasteiger partial charge is 0.272 e. The molecule has 0 saturated carbocycles. The second-order valence-corrected chi connectivity index (χ2v) is 7.00. The maximum absolute atomic E-state index is 12.1. The number of carbonyl (C=O) groups excluding carboxylic acids is 1. The number of pyridine rings is 1. The van der Waals surface area contributed by atoms with Crippen LogP contribution in [0.5, 0.6) is 0 Å². The summed E-state index contributed by atoms with van der Waals surface area (Å²) in [4.78, 5) is 17.5. The van der Waals surface area contributed by atoms with Crippen molar-refractivity contribution in [1.29, 1.82) is 0 Å². The van der Waals surface area contributed by atoms with Gasteiger partial charge in [0.2, 0.25) is 5.91 Å². The number of carbonyl (C=O) groups is 1. The van der Waals surface area contributed by atoms with Crippen molar-refractivity contribution in [2.75, 3.05) is 5.75 Å². The molecule has 1 N–H and O–H groups in total. The zero-order valence-corrected chi connectivity index (χ0v) is 15.3. The SMILES string of the molecule is O=C(CSc1cccc2cccnc12)N/N=C\c1cccc2ccccc12. The molecule has 1 heterocycles. The van der Waals surface area contributed by atoms with Crippen molar-refractivity contribution in [1.82, 2.24) is 10.4 Å². The number of fused-ring (bicyclic) bond motifs is 2. The van der Waals surface area contributed by atoms with Gasteiger partial charge in [-0.15, -0.1) is 11.8 Å². The van der Waals surface area contributed by atoms with E-state index in [0.29, 0.717) is 0 Å². The summed E-state index contributed by atoms with van der Waals surface area (Å²) >= 11 is 1.46. The average molecular weight is 371 g/mol. The highest BCUT2D eigenvalue weighted by atomic mass is 32.2. The van der Waals surface area contributed by atoms with E-state index in [2.05, 4.69) is 27.6 Å². The molecule has 0 aliphatic carbocycles. The van der Waals surface area contributed by atoms with Crippen LogP contribution in [0.3, 0.4) is 0 Å². The van der Waals surface area contributed by atoms with Crippen LogP contribution in [0.25, 0.3) is 21.7 Å². The maximum Gasteiger partial charge on any atom is 0.250 e. The summed E-state index contributed by atoms with van der Waals surface area (Å²) in [5, 5.41) is 7.43. The molecular formula is C22H17N3OS. The van der Waals surface area contributed by atoms with Gasteiger partial charge in [-0.1, -0.05) is 60.7 Å². The van der Waals surface area contributed by atoms with Gasteiger partial charge in [-0.3, -0.25) is 9.78 Å². The van der Waals surface area contributed by atoms with Crippen molar-refractivity contribution in [3.63, 3.8) is 0 Å².